The molecule has 2 heteroatoms. The van der Waals surface area contributed by atoms with E-state index in [0.717, 1.165) is 12.1 Å². The minimum Gasteiger partial charge on any atom is -0.314 e. The number of hydrogen-bond donors (Lipinski definition) is 1. The molecule has 2 saturated heterocycles. The van der Waals surface area contributed by atoms with E-state index in [1.807, 2.05) is 0 Å². The van der Waals surface area contributed by atoms with Crippen LogP contribution >= 0.6 is 0 Å². The van der Waals surface area contributed by atoms with Gasteiger partial charge in [0.05, 0.1) is 0 Å². The largest absolute Gasteiger partial charge is 0.314 e. The summed E-state index contributed by atoms with van der Waals surface area (Å²) >= 11 is 0. The lowest BCUT2D eigenvalue weighted by Gasteiger charge is -2.38. The van der Waals surface area contributed by atoms with Crippen molar-refractivity contribution in [2.75, 3.05) is 19.6 Å². The Morgan fingerprint density at radius 1 is 1.40 bits per heavy atom. The van der Waals surface area contributed by atoms with Gasteiger partial charge in [0.2, 0.25) is 0 Å². The first kappa shape index (κ1) is 6.62. The fourth-order valence-electron chi connectivity index (χ4n) is 2.01. The normalized spacial score (nSPS) is 36.3. The van der Waals surface area contributed by atoms with Crippen LogP contribution in [0.5, 0.6) is 0 Å². The molecule has 10 heavy (non-hydrogen) atoms. The zero-order chi connectivity index (χ0) is 6.97. The van der Waals surface area contributed by atoms with Crippen molar-refractivity contribution >= 4 is 0 Å². The maximum absolute atomic E-state index is 3.32. The maximum Gasteiger partial charge on any atom is 0.0348 e. The predicted molar refractivity (Wildman–Crippen MR) is 42.1 cm³/mol. The van der Waals surface area contributed by atoms with E-state index in [4.69, 9.17) is 0 Å². The predicted octanol–water partition coefficient (Wildman–Crippen LogP) is 0.442. The van der Waals surface area contributed by atoms with Gasteiger partial charge in [-0.1, -0.05) is 0 Å². The van der Waals surface area contributed by atoms with Crippen molar-refractivity contribution in [3.05, 3.63) is 0 Å². The van der Waals surface area contributed by atoms with E-state index in [1.54, 1.807) is 0 Å². The molecule has 2 rings (SSSR count). The third-order valence-electron chi connectivity index (χ3n) is 2.83. The van der Waals surface area contributed by atoms with Crippen LogP contribution in [-0.2, 0) is 0 Å². The summed E-state index contributed by atoms with van der Waals surface area (Å²) in [6.45, 7) is 6.15. The van der Waals surface area contributed by atoms with Crippen LogP contribution in [0.15, 0.2) is 0 Å². The van der Waals surface area contributed by atoms with Crippen molar-refractivity contribution in [1.29, 1.82) is 0 Å². The average molecular weight is 140 g/mol. The van der Waals surface area contributed by atoms with Gasteiger partial charge in [0.15, 0.2) is 0 Å². The van der Waals surface area contributed by atoms with Crippen LogP contribution in [0.4, 0.5) is 0 Å². The van der Waals surface area contributed by atoms with E-state index < -0.39 is 0 Å². The molecular weight excluding hydrogens is 124 g/mol. The third-order valence-corrected chi connectivity index (χ3v) is 2.83. The monoisotopic (exact) mass is 140 g/mol. The minimum absolute atomic E-state index is 0.854. The quantitative estimate of drug-likeness (QED) is 0.568. The summed E-state index contributed by atoms with van der Waals surface area (Å²) < 4.78 is 0. The Morgan fingerprint density at radius 3 is 2.60 bits per heavy atom. The molecule has 0 spiro atoms. The number of nitrogens with zero attached hydrogens (tertiary/aromatic N) is 1. The van der Waals surface area contributed by atoms with Crippen molar-refractivity contribution in [3.63, 3.8) is 0 Å². The van der Waals surface area contributed by atoms with Gasteiger partial charge in [0.1, 0.15) is 0 Å². The number of likely N-dealkylation sites (tertiary alicyclic amines) is 1. The Morgan fingerprint density at radius 2 is 2.20 bits per heavy atom. The molecule has 2 nitrogen and oxygen atoms in total. The number of nitrogens with one attached hydrogen (secondary N) is 1. The minimum atomic E-state index is 0.854. The van der Waals surface area contributed by atoms with E-state index >= 15 is 0 Å². The van der Waals surface area contributed by atoms with Gasteiger partial charge in [0, 0.05) is 25.2 Å². The lowest BCUT2D eigenvalue weighted by Crippen LogP contribution is -2.57. The van der Waals surface area contributed by atoms with Crippen LogP contribution in [0.2, 0.25) is 0 Å². The van der Waals surface area contributed by atoms with Crippen molar-refractivity contribution in [3.8, 4) is 0 Å². The van der Waals surface area contributed by atoms with Gasteiger partial charge < -0.3 is 5.32 Å². The molecule has 2 aliphatic heterocycles. The first-order valence-corrected chi connectivity index (χ1v) is 4.34. The Hall–Kier alpha value is -0.0800. The lowest BCUT2D eigenvalue weighted by atomic mass is 10.1. The Balaban J connectivity index is 1.90. The topological polar surface area (TPSA) is 15.3 Å². The van der Waals surface area contributed by atoms with E-state index in [2.05, 4.69) is 17.1 Å². The molecule has 58 valence electrons. The first-order valence-electron chi connectivity index (χ1n) is 4.34. The Labute approximate surface area is 62.6 Å². The molecule has 0 aromatic carbocycles. The molecule has 0 aromatic rings. The standard InChI is InChI=1S/C8H16N2/c1-7-3-2-4-10(7)8-5-9-6-8/h7-9H,2-6H2,1H3. The molecule has 0 bridgehead atoms. The van der Waals surface area contributed by atoms with Crippen molar-refractivity contribution < 1.29 is 0 Å². The van der Waals surface area contributed by atoms with Crippen LogP contribution in [-0.4, -0.2) is 36.6 Å². The van der Waals surface area contributed by atoms with Gasteiger partial charge in [-0.3, -0.25) is 4.90 Å². The van der Waals surface area contributed by atoms with Crippen molar-refractivity contribution in [2.24, 2.45) is 0 Å². The Kier molecular flexibility index (Phi) is 1.66. The molecule has 1 N–H and O–H groups in total. The summed E-state index contributed by atoms with van der Waals surface area (Å²) in [5, 5.41) is 3.32. The molecule has 0 aliphatic carbocycles. The summed E-state index contributed by atoms with van der Waals surface area (Å²) in [7, 11) is 0. The van der Waals surface area contributed by atoms with Crippen molar-refractivity contribution in [2.45, 2.75) is 31.8 Å². The molecule has 2 fully saturated rings. The SMILES string of the molecule is CC1CCCN1C1CNC1. The van der Waals surface area contributed by atoms with Gasteiger partial charge >= 0.3 is 0 Å². The molecule has 0 radical (unpaired) electrons. The van der Waals surface area contributed by atoms with Crippen molar-refractivity contribution in [1.82, 2.24) is 10.2 Å². The zero-order valence-electron chi connectivity index (χ0n) is 6.64. The lowest BCUT2D eigenvalue weighted by molar-refractivity contribution is 0.140. The second kappa shape index (κ2) is 2.51. The second-order valence-corrected chi connectivity index (χ2v) is 3.54. The van der Waals surface area contributed by atoms with Gasteiger partial charge in [-0.05, 0) is 26.3 Å². The number of hydrogen-bond acceptors (Lipinski definition) is 2. The second-order valence-electron chi connectivity index (χ2n) is 3.54. The highest BCUT2D eigenvalue weighted by Crippen LogP contribution is 2.20. The Bertz CT molecular complexity index is 120. The summed E-state index contributed by atoms with van der Waals surface area (Å²) in [5.74, 6) is 0. The van der Waals surface area contributed by atoms with Gasteiger partial charge in [0.25, 0.3) is 0 Å². The third kappa shape index (κ3) is 0.956. The van der Waals surface area contributed by atoms with Crippen LogP contribution < -0.4 is 5.32 Å². The molecule has 0 amide bonds. The zero-order valence-corrected chi connectivity index (χ0v) is 6.64. The summed E-state index contributed by atoms with van der Waals surface area (Å²) in [4.78, 5) is 2.65. The van der Waals surface area contributed by atoms with E-state index in [1.165, 1.54) is 32.5 Å². The first-order chi connectivity index (χ1) is 4.88. The summed E-state index contributed by atoms with van der Waals surface area (Å²) in [6.07, 6.45) is 2.83. The van der Waals surface area contributed by atoms with Gasteiger partial charge in [-0.25, -0.2) is 0 Å². The van der Waals surface area contributed by atoms with Gasteiger partial charge in [-0.2, -0.15) is 0 Å². The highest BCUT2D eigenvalue weighted by Gasteiger charge is 2.30. The average Bonchev–Trinajstić information content (AvgIpc) is 2.12. The molecule has 0 aromatic heterocycles. The molecule has 1 atom stereocenters. The fourth-order valence-corrected chi connectivity index (χ4v) is 2.01. The molecule has 2 aliphatic rings. The highest BCUT2D eigenvalue weighted by atomic mass is 15.3. The molecule has 0 saturated carbocycles. The summed E-state index contributed by atoms with van der Waals surface area (Å²) in [6, 6.07) is 1.73. The van der Waals surface area contributed by atoms with Crippen LogP contribution in [0.25, 0.3) is 0 Å². The maximum atomic E-state index is 3.32. The van der Waals surface area contributed by atoms with Crippen LogP contribution in [0.1, 0.15) is 19.8 Å². The van der Waals surface area contributed by atoms with E-state index in [9.17, 15) is 0 Å². The van der Waals surface area contributed by atoms with E-state index in [-0.39, 0.29) is 0 Å². The van der Waals surface area contributed by atoms with Crippen LogP contribution in [0, 0.1) is 0 Å². The summed E-state index contributed by atoms with van der Waals surface area (Å²) in [5.41, 5.74) is 0. The highest BCUT2D eigenvalue weighted by molar-refractivity contribution is 4.89. The van der Waals surface area contributed by atoms with E-state index in [0.29, 0.717) is 0 Å². The number of rotatable bonds is 1. The fraction of sp³-hybridized carbons (Fsp3) is 1.00. The smallest absolute Gasteiger partial charge is 0.0348 e. The molecule has 1 unspecified atom stereocenters. The molecular formula is C8H16N2. The van der Waals surface area contributed by atoms with Gasteiger partial charge in [-0.15, -0.1) is 0 Å². The van der Waals surface area contributed by atoms with Crippen LogP contribution in [0.3, 0.4) is 0 Å². The molecule has 2 heterocycles.